The lowest BCUT2D eigenvalue weighted by atomic mass is 10.2. The van der Waals surface area contributed by atoms with E-state index in [0.29, 0.717) is 5.76 Å². The summed E-state index contributed by atoms with van der Waals surface area (Å²) in [5.74, 6) is 0.466. The fourth-order valence-electron chi connectivity index (χ4n) is 1.23. The minimum atomic E-state index is -0.743. The summed E-state index contributed by atoms with van der Waals surface area (Å²) in [7, 11) is 0. The van der Waals surface area contributed by atoms with E-state index in [1.807, 2.05) is 13.0 Å². The fraction of sp³-hybridized carbons (Fsp3) is 0.200. The van der Waals surface area contributed by atoms with Crippen molar-refractivity contribution in [1.29, 1.82) is 0 Å². The number of hydrogen-bond donors (Lipinski definition) is 1. The predicted molar refractivity (Wildman–Crippen MR) is 64.5 cm³/mol. The van der Waals surface area contributed by atoms with Gasteiger partial charge in [0.25, 0.3) is 0 Å². The number of halogens is 2. The van der Waals surface area contributed by atoms with Gasteiger partial charge in [-0.3, -0.25) is 0 Å². The molecular formula is C10H8BrClO2S. The molecule has 2 aromatic heterocycles. The molecule has 0 aliphatic carbocycles. The number of aryl methyl sites for hydroxylation is 1. The number of hydrogen-bond acceptors (Lipinski definition) is 3. The summed E-state index contributed by atoms with van der Waals surface area (Å²) in [4.78, 5) is 1.96. The number of thiophene rings is 1. The summed E-state index contributed by atoms with van der Waals surface area (Å²) in [6, 6.07) is 5.19. The second-order valence-electron chi connectivity index (χ2n) is 3.10. The van der Waals surface area contributed by atoms with Crippen LogP contribution in [0, 0.1) is 6.92 Å². The first-order chi connectivity index (χ1) is 7.08. The smallest absolute Gasteiger partial charge is 0.193 e. The summed E-state index contributed by atoms with van der Waals surface area (Å²) in [6.45, 7) is 1.99. The molecule has 2 aromatic rings. The monoisotopic (exact) mass is 306 g/mol. The SMILES string of the molecule is Cc1sc(C(O)c2ccc(Cl)o2)cc1Br. The quantitative estimate of drug-likeness (QED) is 0.904. The third-order valence-electron chi connectivity index (χ3n) is 2.01. The number of rotatable bonds is 2. The molecule has 1 unspecified atom stereocenters. The average Bonchev–Trinajstić information content (AvgIpc) is 2.74. The van der Waals surface area contributed by atoms with Gasteiger partial charge in [0.2, 0.25) is 0 Å². The van der Waals surface area contributed by atoms with Gasteiger partial charge in [-0.2, -0.15) is 0 Å². The van der Waals surface area contributed by atoms with Crippen molar-refractivity contribution in [2.24, 2.45) is 0 Å². The van der Waals surface area contributed by atoms with Crippen LogP contribution in [0.25, 0.3) is 0 Å². The van der Waals surface area contributed by atoms with Crippen molar-refractivity contribution in [2.75, 3.05) is 0 Å². The van der Waals surface area contributed by atoms with Gasteiger partial charge in [-0.25, -0.2) is 0 Å². The molecule has 0 aromatic carbocycles. The Bertz CT molecular complexity index is 458. The average molecular weight is 308 g/mol. The second-order valence-corrected chi connectivity index (χ2v) is 5.61. The van der Waals surface area contributed by atoms with E-state index < -0.39 is 6.10 Å². The number of furan rings is 1. The number of aliphatic hydroxyl groups is 1. The molecule has 0 spiro atoms. The predicted octanol–water partition coefficient (Wildman–Crippen LogP) is 4.15. The summed E-state index contributed by atoms with van der Waals surface area (Å²) >= 11 is 10.6. The largest absolute Gasteiger partial charge is 0.447 e. The van der Waals surface area contributed by atoms with Crippen molar-refractivity contribution in [3.05, 3.63) is 43.4 Å². The molecule has 5 heteroatoms. The van der Waals surface area contributed by atoms with Gasteiger partial charge in [0, 0.05) is 14.2 Å². The highest BCUT2D eigenvalue weighted by Crippen LogP contribution is 2.34. The first-order valence-corrected chi connectivity index (χ1v) is 6.26. The first-order valence-electron chi connectivity index (χ1n) is 4.27. The third-order valence-corrected chi connectivity index (χ3v) is 4.40. The molecule has 15 heavy (non-hydrogen) atoms. The van der Waals surface area contributed by atoms with E-state index >= 15 is 0 Å². The van der Waals surface area contributed by atoms with Crippen LogP contribution in [-0.4, -0.2) is 5.11 Å². The van der Waals surface area contributed by atoms with Gasteiger partial charge in [0.05, 0.1) is 0 Å². The van der Waals surface area contributed by atoms with Gasteiger partial charge in [-0.15, -0.1) is 11.3 Å². The van der Waals surface area contributed by atoms with Gasteiger partial charge in [0.15, 0.2) is 5.22 Å². The lowest BCUT2D eigenvalue weighted by Crippen LogP contribution is -1.93. The maximum Gasteiger partial charge on any atom is 0.193 e. The summed E-state index contributed by atoms with van der Waals surface area (Å²) < 4.78 is 6.15. The molecule has 0 aliphatic rings. The standard InChI is InChI=1S/C10H8BrClO2S/c1-5-6(11)4-8(15-5)10(13)7-2-3-9(12)14-7/h2-4,10,13H,1H3. The van der Waals surface area contributed by atoms with Crippen LogP contribution in [0.4, 0.5) is 0 Å². The topological polar surface area (TPSA) is 33.4 Å². The van der Waals surface area contributed by atoms with Crippen molar-refractivity contribution in [2.45, 2.75) is 13.0 Å². The minimum absolute atomic E-state index is 0.288. The van der Waals surface area contributed by atoms with Crippen LogP contribution >= 0.6 is 38.9 Å². The lowest BCUT2D eigenvalue weighted by molar-refractivity contribution is 0.193. The van der Waals surface area contributed by atoms with E-state index in [0.717, 1.165) is 14.2 Å². The molecule has 2 nitrogen and oxygen atoms in total. The number of aliphatic hydroxyl groups excluding tert-OH is 1. The molecule has 0 aliphatic heterocycles. The Morgan fingerprint density at radius 3 is 2.73 bits per heavy atom. The van der Waals surface area contributed by atoms with E-state index in [-0.39, 0.29) is 5.22 Å². The summed E-state index contributed by atoms with van der Waals surface area (Å²) in [5, 5.41) is 10.3. The van der Waals surface area contributed by atoms with Gasteiger partial charge >= 0.3 is 0 Å². The van der Waals surface area contributed by atoms with Crippen LogP contribution in [0.5, 0.6) is 0 Å². The van der Waals surface area contributed by atoms with E-state index in [2.05, 4.69) is 15.9 Å². The van der Waals surface area contributed by atoms with Gasteiger partial charge in [-0.1, -0.05) is 0 Å². The van der Waals surface area contributed by atoms with Crippen molar-refractivity contribution in [1.82, 2.24) is 0 Å². The van der Waals surface area contributed by atoms with E-state index in [1.54, 1.807) is 12.1 Å². The highest BCUT2D eigenvalue weighted by molar-refractivity contribution is 9.10. The van der Waals surface area contributed by atoms with E-state index in [1.165, 1.54) is 11.3 Å². The van der Waals surface area contributed by atoms with Gasteiger partial charge in [0.1, 0.15) is 11.9 Å². The molecule has 0 radical (unpaired) electrons. The van der Waals surface area contributed by atoms with Crippen LogP contribution in [0.2, 0.25) is 5.22 Å². The normalized spacial score (nSPS) is 13.1. The van der Waals surface area contributed by atoms with E-state index in [9.17, 15) is 5.11 Å². The Kier molecular flexibility index (Phi) is 3.21. The zero-order chi connectivity index (χ0) is 11.0. The molecule has 2 heterocycles. The lowest BCUT2D eigenvalue weighted by Gasteiger charge is -2.03. The summed E-state index contributed by atoms with van der Waals surface area (Å²) in [5.41, 5.74) is 0. The third kappa shape index (κ3) is 2.28. The molecular weight excluding hydrogens is 300 g/mol. The Morgan fingerprint density at radius 1 is 1.53 bits per heavy atom. The molecule has 80 valence electrons. The summed E-state index contributed by atoms with van der Waals surface area (Å²) in [6.07, 6.45) is -0.743. The molecule has 2 rings (SSSR count). The highest BCUT2D eigenvalue weighted by Gasteiger charge is 2.17. The van der Waals surface area contributed by atoms with Crippen molar-refractivity contribution < 1.29 is 9.52 Å². The molecule has 0 saturated heterocycles. The Labute approximate surface area is 105 Å². The van der Waals surface area contributed by atoms with Gasteiger partial charge < -0.3 is 9.52 Å². The van der Waals surface area contributed by atoms with Crippen molar-refractivity contribution >= 4 is 38.9 Å². The molecule has 0 amide bonds. The Balaban J connectivity index is 2.31. The Hall–Kier alpha value is -0.290. The van der Waals surface area contributed by atoms with E-state index in [4.69, 9.17) is 16.0 Å². The molecule has 0 saturated carbocycles. The van der Waals surface area contributed by atoms with Gasteiger partial charge in [-0.05, 0) is 52.7 Å². The molecule has 1 atom stereocenters. The van der Waals surface area contributed by atoms with Crippen LogP contribution in [0.1, 0.15) is 21.6 Å². The van der Waals surface area contributed by atoms with Crippen LogP contribution in [-0.2, 0) is 0 Å². The maximum atomic E-state index is 9.98. The highest BCUT2D eigenvalue weighted by atomic mass is 79.9. The minimum Gasteiger partial charge on any atom is -0.447 e. The zero-order valence-electron chi connectivity index (χ0n) is 7.83. The second kappa shape index (κ2) is 4.29. The zero-order valence-corrected chi connectivity index (χ0v) is 11.0. The maximum absolute atomic E-state index is 9.98. The Morgan fingerprint density at radius 2 is 2.27 bits per heavy atom. The van der Waals surface area contributed by atoms with Crippen molar-refractivity contribution in [3.63, 3.8) is 0 Å². The van der Waals surface area contributed by atoms with Crippen LogP contribution in [0.15, 0.2) is 27.1 Å². The molecule has 0 fully saturated rings. The molecule has 0 bridgehead atoms. The fourth-order valence-corrected chi connectivity index (χ4v) is 2.94. The first kappa shape index (κ1) is 11.2. The van der Waals surface area contributed by atoms with Crippen LogP contribution in [0.3, 0.4) is 0 Å². The van der Waals surface area contributed by atoms with Crippen molar-refractivity contribution in [3.8, 4) is 0 Å². The molecule has 1 N–H and O–H groups in total. The van der Waals surface area contributed by atoms with Crippen LogP contribution < -0.4 is 0 Å².